The van der Waals surface area contributed by atoms with E-state index in [4.69, 9.17) is 0 Å². The molecule has 1 aromatic rings. The molecule has 14 heavy (non-hydrogen) atoms. The highest BCUT2D eigenvalue weighted by Crippen LogP contribution is 2.19. The summed E-state index contributed by atoms with van der Waals surface area (Å²) in [4.78, 5) is 0. The molecular weight excluding hydrogens is 168 g/mol. The van der Waals surface area contributed by atoms with Gasteiger partial charge in [-0.05, 0) is 24.5 Å². The van der Waals surface area contributed by atoms with Crippen LogP contribution in [0.15, 0.2) is 24.3 Å². The minimum Gasteiger partial charge on any atom is -0.0795 e. The van der Waals surface area contributed by atoms with Crippen LogP contribution in [0.5, 0.6) is 0 Å². The van der Waals surface area contributed by atoms with Crippen LogP contribution in [0.1, 0.15) is 44.4 Å². The van der Waals surface area contributed by atoms with Crippen LogP contribution in [0.2, 0.25) is 0 Å². The lowest BCUT2D eigenvalue weighted by atomic mass is 10.1. The number of fused-ring (bicyclic) bond motifs is 1. The Morgan fingerprint density at radius 1 is 1.00 bits per heavy atom. The highest BCUT2D eigenvalue weighted by molar-refractivity contribution is 5.60. The first-order valence-electron chi connectivity index (χ1n) is 5.62. The average Bonchev–Trinajstić information content (AvgIpc) is 2.71. The molecule has 0 heteroatoms. The highest BCUT2D eigenvalue weighted by Gasteiger charge is 2.02. The van der Waals surface area contributed by atoms with E-state index in [1.807, 2.05) is 27.7 Å². The van der Waals surface area contributed by atoms with Crippen LogP contribution in [-0.4, -0.2) is 0 Å². The van der Waals surface area contributed by atoms with Gasteiger partial charge in [0, 0.05) is 0 Å². The minimum absolute atomic E-state index is 1.12. The van der Waals surface area contributed by atoms with Gasteiger partial charge < -0.3 is 0 Å². The van der Waals surface area contributed by atoms with Gasteiger partial charge in [0.1, 0.15) is 0 Å². The van der Waals surface area contributed by atoms with Gasteiger partial charge in [0.2, 0.25) is 0 Å². The largest absolute Gasteiger partial charge is 0.0795 e. The summed E-state index contributed by atoms with van der Waals surface area (Å²) in [6, 6.07) is 6.61. The predicted molar refractivity (Wildman–Crippen MR) is 66.6 cm³/mol. The van der Waals surface area contributed by atoms with Gasteiger partial charge in [0.05, 0.1) is 0 Å². The van der Waals surface area contributed by atoms with Crippen molar-refractivity contribution < 1.29 is 0 Å². The number of rotatable bonds is 0. The van der Waals surface area contributed by atoms with E-state index in [2.05, 4.69) is 37.3 Å². The van der Waals surface area contributed by atoms with Crippen molar-refractivity contribution in [3.8, 4) is 0 Å². The van der Waals surface area contributed by atoms with Crippen LogP contribution in [0, 0.1) is 6.92 Å². The Hall–Kier alpha value is -1.04. The van der Waals surface area contributed by atoms with E-state index in [0.29, 0.717) is 0 Å². The molecule has 2 rings (SSSR count). The van der Waals surface area contributed by atoms with E-state index in [1.165, 1.54) is 16.7 Å². The van der Waals surface area contributed by atoms with E-state index in [9.17, 15) is 0 Å². The molecule has 0 heterocycles. The van der Waals surface area contributed by atoms with Crippen LogP contribution < -0.4 is 0 Å². The summed E-state index contributed by atoms with van der Waals surface area (Å²) < 4.78 is 0. The molecule has 0 bridgehead atoms. The van der Waals surface area contributed by atoms with Crippen LogP contribution in [0.25, 0.3) is 6.08 Å². The first kappa shape index (κ1) is 13.0. The lowest BCUT2D eigenvalue weighted by Gasteiger charge is -1.98. The number of aryl methyl sites for hydroxylation is 1. The molecule has 0 unspecified atom stereocenters. The van der Waals surface area contributed by atoms with Crippen LogP contribution in [0.3, 0.4) is 0 Å². The lowest BCUT2D eigenvalue weighted by molar-refractivity contribution is 1.28. The zero-order chi connectivity index (χ0) is 11.0. The lowest BCUT2D eigenvalue weighted by Crippen LogP contribution is -1.81. The van der Waals surface area contributed by atoms with Gasteiger partial charge in [-0.2, -0.15) is 0 Å². The predicted octanol–water partition coefficient (Wildman–Crippen LogP) is 4.62. The number of allylic oxidation sites excluding steroid dienone is 1. The summed E-state index contributed by atoms with van der Waals surface area (Å²) in [5, 5.41) is 0. The summed E-state index contributed by atoms with van der Waals surface area (Å²) in [5.74, 6) is 0. The average molecular weight is 190 g/mol. The van der Waals surface area contributed by atoms with Crippen molar-refractivity contribution in [1.82, 2.24) is 0 Å². The Bertz CT molecular complexity index is 282. The van der Waals surface area contributed by atoms with Crippen molar-refractivity contribution in [3.63, 3.8) is 0 Å². The molecule has 1 aliphatic rings. The van der Waals surface area contributed by atoms with Crippen molar-refractivity contribution in [2.45, 2.75) is 41.0 Å². The topological polar surface area (TPSA) is 0 Å². The van der Waals surface area contributed by atoms with E-state index < -0.39 is 0 Å². The molecule has 0 aromatic heterocycles. The third-order valence-corrected chi connectivity index (χ3v) is 1.93. The second-order valence-corrected chi connectivity index (χ2v) is 2.81. The Morgan fingerprint density at radius 2 is 1.64 bits per heavy atom. The molecule has 78 valence electrons. The van der Waals surface area contributed by atoms with E-state index in [-0.39, 0.29) is 0 Å². The van der Waals surface area contributed by atoms with Gasteiger partial charge in [-0.25, -0.2) is 0 Å². The second kappa shape index (κ2) is 7.37. The molecule has 0 saturated heterocycles. The summed E-state index contributed by atoms with van der Waals surface area (Å²) in [5.41, 5.74) is 4.23. The van der Waals surface area contributed by atoms with Gasteiger partial charge in [0.25, 0.3) is 0 Å². The van der Waals surface area contributed by atoms with Gasteiger partial charge in [-0.15, -0.1) is 0 Å². The first-order chi connectivity index (χ1) is 6.86. The molecule has 0 N–H and O–H groups in total. The number of hydrogen-bond acceptors (Lipinski definition) is 0. The van der Waals surface area contributed by atoms with E-state index in [0.717, 1.165) is 6.42 Å². The fourth-order valence-electron chi connectivity index (χ4n) is 1.39. The third kappa shape index (κ3) is 3.37. The molecule has 0 saturated carbocycles. The molecule has 0 aliphatic heterocycles. The third-order valence-electron chi connectivity index (χ3n) is 1.93. The van der Waals surface area contributed by atoms with Crippen LogP contribution >= 0.6 is 0 Å². The summed E-state index contributed by atoms with van der Waals surface area (Å²) in [6.07, 6.45) is 5.52. The van der Waals surface area contributed by atoms with E-state index >= 15 is 0 Å². The molecule has 0 radical (unpaired) electrons. The Balaban J connectivity index is 0.000000379. The van der Waals surface area contributed by atoms with Crippen LogP contribution in [-0.2, 0) is 6.42 Å². The highest BCUT2D eigenvalue weighted by atomic mass is 14.1. The monoisotopic (exact) mass is 190 g/mol. The molecule has 0 spiro atoms. The van der Waals surface area contributed by atoms with Crippen molar-refractivity contribution in [2.24, 2.45) is 0 Å². The smallest absolute Gasteiger partial charge is 0.00881 e. The molecule has 0 atom stereocenters. The molecule has 1 aliphatic carbocycles. The van der Waals surface area contributed by atoms with Crippen molar-refractivity contribution in [1.29, 1.82) is 0 Å². The van der Waals surface area contributed by atoms with Crippen molar-refractivity contribution in [2.75, 3.05) is 0 Å². The van der Waals surface area contributed by atoms with Gasteiger partial charge >= 0.3 is 0 Å². The standard InChI is InChI=1S/C10H10.2C2H6/c1-8-5-6-9-3-2-4-10(9)7-8;2*1-2/h2-3,5-7H,4H2,1H3;2*1-2H3. The Kier molecular flexibility index (Phi) is 6.82. The maximum absolute atomic E-state index is 2.26. The molecule has 1 aromatic carbocycles. The quantitative estimate of drug-likeness (QED) is 0.560. The fraction of sp³-hybridized carbons (Fsp3) is 0.429. The molecule has 0 fully saturated rings. The fourth-order valence-corrected chi connectivity index (χ4v) is 1.39. The Morgan fingerprint density at radius 3 is 2.29 bits per heavy atom. The van der Waals surface area contributed by atoms with Crippen LogP contribution in [0.4, 0.5) is 0 Å². The maximum atomic E-state index is 2.26. The zero-order valence-corrected chi connectivity index (χ0v) is 10.1. The number of hydrogen-bond donors (Lipinski definition) is 0. The SMILES string of the molecule is CC.CC.Cc1ccc2c(c1)CC=C2. The summed E-state index contributed by atoms with van der Waals surface area (Å²) in [7, 11) is 0. The second-order valence-electron chi connectivity index (χ2n) is 2.81. The summed E-state index contributed by atoms with van der Waals surface area (Å²) >= 11 is 0. The summed E-state index contributed by atoms with van der Waals surface area (Å²) in [6.45, 7) is 10.1. The molecular formula is C14H22. The normalized spacial score (nSPS) is 10.6. The first-order valence-corrected chi connectivity index (χ1v) is 5.62. The van der Waals surface area contributed by atoms with Gasteiger partial charge in [0.15, 0.2) is 0 Å². The van der Waals surface area contributed by atoms with Crippen molar-refractivity contribution >= 4 is 6.08 Å². The number of benzene rings is 1. The van der Waals surface area contributed by atoms with Crippen molar-refractivity contribution in [3.05, 3.63) is 41.0 Å². The van der Waals surface area contributed by atoms with Gasteiger partial charge in [-0.1, -0.05) is 63.6 Å². The minimum atomic E-state index is 1.12. The maximum Gasteiger partial charge on any atom is -0.00881 e. The molecule has 0 nitrogen and oxygen atoms in total. The Labute approximate surface area is 88.7 Å². The van der Waals surface area contributed by atoms with E-state index in [1.54, 1.807) is 0 Å². The zero-order valence-electron chi connectivity index (χ0n) is 10.1. The van der Waals surface area contributed by atoms with Gasteiger partial charge in [-0.3, -0.25) is 0 Å². The molecule has 0 amide bonds.